The van der Waals surface area contributed by atoms with Crippen molar-refractivity contribution in [1.29, 1.82) is 0 Å². The first-order valence-corrected chi connectivity index (χ1v) is 4.29. The average molecular weight is 173 g/mol. The summed E-state index contributed by atoms with van der Waals surface area (Å²) in [6.07, 6.45) is -0.211. The second kappa shape index (κ2) is 3.87. The molecule has 2 N–H and O–H groups in total. The summed E-state index contributed by atoms with van der Waals surface area (Å²) in [5.41, 5.74) is 0. The predicted octanol–water partition coefficient (Wildman–Crippen LogP) is -0.650. The number of carbonyl (C=O) groups is 1. The molecule has 0 saturated carbocycles. The van der Waals surface area contributed by atoms with Gasteiger partial charge in [0.25, 0.3) is 0 Å². The molecule has 2 atom stereocenters. The van der Waals surface area contributed by atoms with E-state index in [-0.39, 0.29) is 19.0 Å². The molecular weight excluding hydrogens is 158 g/mol. The van der Waals surface area contributed by atoms with Gasteiger partial charge in [-0.2, -0.15) is 0 Å². The van der Waals surface area contributed by atoms with Crippen LogP contribution in [-0.2, 0) is 4.79 Å². The Morgan fingerprint density at radius 2 is 1.92 bits per heavy atom. The third-order valence-electron chi connectivity index (χ3n) is 2.08. The first-order valence-electron chi connectivity index (χ1n) is 4.29. The van der Waals surface area contributed by atoms with Crippen molar-refractivity contribution >= 4 is 5.91 Å². The summed E-state index contributed by atoms with van der Waals surface area (Å²) in [6, 6.07) is 0. The van der Waals surface area contributed by atoms with E-state index in [0.29, 0.717) is 6.42 Å². The third kappa shape index (κ3) is 1.95. The summed E-state index contributed by atoms with van der Waals surface area (Å²) in [6.45, 7) is 2.49. The maximum Gasteiger partial charge on any atom is 0.222 e. The lowest BCUT2D eigenvalue weighted by Gasteiger charge is -2.14. The molecule has 1 aliphatic heterocycles. The minimum absolute atomic E-state index is 0.0214. The van der Waals surface area contributed by atoms with E-state index >= 15 is 0 Å². The Bertz CT molecular complexity index is 162. The van der Waals surface area contributed by atoms with Gasteiger partial charge in [0.2, 0.25) is 5.91 Å². The van der Waals surface area contributed by atoms with Crippen LogP contribution in [0.2, 0.25) is 0 Å². The number of carbonyl (C=O) groups excluding carboxylic acids is 1. The molecule has 70 valence electrons. The molecule has 1 heterocycles. The van der Waals surface area contributed by atoms with Crippen LogP contribution in [-0.4, -0.2) is 46.3 Å². The van der Waals surface area contributed by atoms with Crippen LogP contribution in [0.4, 0.5) is 0 Å². The average Bonchev–Trinajstić information content (AvgIpc) is 2.33. The molecule has 1 fully saturated rings. The highest BCUT2D eigenvalue weighted by Gasteiger charge is 2.31. The number of nitrogens with zero attached hydrogens (tertiary/aromatic N) is 1. The Hall–Kier alpha value is -0.610. The molecule has 0 aromatic carbocycles. The highest BCUT2D eigenvalue weighted by atomic mass is 16.3. The fraction of sp³-hybridized carbons (Fsp3) is 0.875. The van der Waals surface area contributed by atoms with Gasteiger partial charge in [-0.05, 0) is 6.42 Å². The van der Waals surface area contributed by atoms with Gasteiger partial charge < -0.3 is 15.1 Å². The lowest BCUT2D eigenvalue weighted by Crippen LogP contribution is -2.29. The van der Waals surface area contributed by atoms with Crippen LogP contribution in [0.1, 0.15) is 19.8 Å². The van der Waals surface area contributed by atoms with E-state index in [1.807, 2.05) is 6.92 Å². The zero-order valence-electron chi connectivity index (χ0n) is 7.23. The molecule has 0 bridgehead atoms. The van der Waals surface area contributed by atoms with Crippen LogP contribution >= 0.6 is 0 Å². The zero-order valence-corrected chi connectivity index (χ0v) is 7.23. The van der Waals surface area contributed by atoms with Crippen molar-refractivity contribution in [3.8, 4) is 0 Å². The minimum atomic E-state index is -0.759. The lowest BCUT2D eigenvalue weighted by atomic mass is 10.3. The number of aliphatic hydroxyl groups excluding tert-OH is 2. The topological polar surface area (TPSA) is 60.8 Å². The summed E-state index contributed by atoms with van der Waals surface area (Å²) in [5, 5.41) is 18.3. The van der Waals surface area contributed by atoms with Gasteiger partial charge in [0, 0.05) is 19.5 Å². The monoisotopic (exact) mass is 173 g/mol. The predicted molar refractivity (Wildman–Crippen MR) is 43.5 cm³/mol. The van der Waals surface area contributed by atoms with Crippen LogP contribution < -0.4 is 0 Å². The Morgan fingerprint density at radius 1 is 1.42 bits per heavy atom. The lowest BCUT2D eigenvalue weighted by molar-refractivity contribution is -0.130. The van der Waals surface area contributed by atoms with Crippen molar-refractivity contribution < 1.29 is 15.0 Å². The molecule has 1 rings (SSSR count). The SMILES string of the molecule is CCCC(=O)N1CC(O)C(O)C1. The van der Waals surface area contributed by atoms with Crippen LogP contribution in [0, 0.1) is 0 Å². The van der Waals surface area contributed by atoms with Crippen molar-refractivity contribution in [2.24, 2.45) is 0 Å². The maximum absolute atomic E-state index is 11.2. The fourth-order valence-corrected chi connectivity index (χ4v) is 1.35. The van der Waals surface area contributed by atoms with Gasteiger partial charge in [-0.3, -0.25) is 4.79 Å². The molecule has 12 heavy (non-hydrogen) atoms. The van der Waals surface area contributed by atoms with E-state index in [4.69, 9.17) is 10.2 Å². The Morgan fingerprint density at radius 3 is 2.33 bits per heavy atom. The quantitative estimate of drug-likeness (QED) is 0.583. The fourth-order valence-electron chi connectivity index (χ4n) is 1.35. The number of hydrogen-bond donors (Lipinski definition) is 2. The van der Waals surface area contributed by atoms with Gasteiger partial charge in [0.15, 0.2) is 0 Å². The molecule has 1 aliphatic rings. The molecule has 1 saturated heterocycles. The largest absolute Gasteiger partial charge is 0.388 e. The van der Waals surface area contributed by atoms with Crippen LogP contribution in [0.25, 0.3) is 0 Å². The van der Waals surface area contributed by atoms with Crippen molar-refractivity contribution in [3.63, 3.8) is 0 Å². The molecular formula is C8H15NO3. The van der Waals surface area contributed by atoms with Gasteiger partial charge in [-0.25, -0.2) is 0 Å². The molecule has 0 radical (unpaired) electrons. The number of amides is 1. The summed E-state index contributed by atoms with van der Waals surface area (Å²) in [4.78, 5) is 12.8. The van der Waals surface area contributed by atoms with E-state index in [0.717, 1.165) is 6.42 Å². The van der Waals surface area contributed by atoms with E-state index < -0.39 is 12.2 Å². The molecule has 2 unspecified atom stereocenters. The first-order chi connectivity index (χ1) is 5.65. The number of aliphatic hydroxyl groups is 2. The first kappa shape index (κ1) is 9.48. The highest BCUT2D eigenvalue weighted by molar-refractivity contribution is 5.76. The molecule has 0 aromatic heterocycles. The smallest absolute Gasteiger partial charge is 0.222 e. The molecule has 0 aromatic rings. The standard InChI is InChI=1S/C8H15NO3/c1-2-3-8(12)9-4-6(10)7(11)5-9/h6-7,10-11H,2-5H2,1H3. The summed E-state index contributed by atoms with van der Waals surface area (Å²) in [7, 11) is 0. The van der Waals surface area contributed by atoms with Gasteiger partial charge in [-0.15, -0.1) is 0 Å². The number of rotatable bonds is 2. The highest BCUT2D eigenvalue weighted by Crippen LogP contribution is 2.11. The van der Waals surface area contributed by atoms with Gasteiger partial charge in [0.05, 0.1) is 12.2 Å². The summed E-state index contributed by atoms with van der Waals surface area (Å²) >= 11 is 0. The number of hydrogen-bond acceptors (Lipinski definition) is 3. The van der Waals surface area contributed by atoms with E-state index in [9.17, 15) is 4.79 Å². The molecule has 4 heteroatoms. The minimum Gasteiger partial charge on any atom is -0.388 e. The van der Waals surface area contributed by atoms with Crippen molar-refractivity contribution in [2.45, 2.75) is 32.0 Å². The molecule has 0 spiro atoms. The molecule has 4 nitrogen and oxygen atoms in total. The van der Waals surface area contributed by atoms with Crippen LogP contribution in [0.5, 0.6) is 0 Å². The zero-order chi connectivity index (χ0) is 9.14. The van der Waals surface area contributed by atoms with Crippen LogP contribution in [0.15, 0.2) is 0 Å². The van der Waals surface area contributed by atoms with Crippen molar-refractivity contribution in [1.82, 2.24) is 4.90 Å². The second-order valence-electron chi connectivity index (χ2n) is 3.18. The second-order valence-corrected chi connectivity index (χ2v) is 3.18. The van der Waals surface area contributed by atoms with Gasteiger partial charge >= 0.3 is 0 Å². The number of likely N-dealkylation sites (tertiary alicyclic amines) is 1. The normalized spacial score (nSPS) is 29.4. The number of β-amino-alcohol motifs (C(OH)–C–C–N with tert-alkyl or cyclic N) is 2. The third-order valence-corrected chi connectivity index (χ3v) is 2.08. The van der Waals surface area contributed by atoms with Crippen molar-refractivity contribution in [3.05, 3.63) is 0 Å². The summed E-state index contributed by atoms with van der Waals surface area (Å²) in [5.74, 6) is 0.0214. The van der Waals surface area contributed by atoms with Crippen molar-refractivity contribution in [2.75, 3.05) is 13.1 Å². The Labute approximate surface area is 71.8 Å². The van der Waals surface area contributed by atoms with E-state index in [2.05, 4.69) is 0 Å². The Balaban J connectivity index is 2.40. The van der Waals surface area contributed by atoms with E-state index in [1.165, 1.54) is 4.90 Å². The molecule has 0 aliphatic carbocycles. The molecule has 1 amide bonds. The Kier molecular flexibility index (Phi) is 3.05. The van der Waals surface area contributed by atoms with E-state index in [1.54, 1.807) is 0 Å². The maximum atomic E-state index is 11.2. The summed E-state index contributed by atoms with van der Waals surface area (Å²) < 4.78 is 0. The van der Waals surface area contributed by atoms with Gasteiger partial charge in [0.1, 0.15) is 0 Å². The van der Waals surface area contributed by atoms with Crippen LogP contribution in [0.3, 0.4) is 0 Å². The van der Waals surface area contributed by atoms with Gasteiger partial charge in [-0.1, -0.05) is 6.92 Å².